The summed E-state index contributed by atoms with van der Waals surface area (Å²) in [7, 11) is 0. The highest BCUT2D eigenvalue weighted by Crippen LogP contribution is 2.15. The highest BCUT2D eigenvalue weighted by Gasteiger charge is 2.17. The molecule has 0 N–H and O–H groups in total. The third-order valence-electron chi connectivity index (χ3n) is 11.6. The van der Waals surface area contributed by atoms with Gasteiger partial charge in [-0.15, -0.1) is 0 Å². The molecule has 1 atom stereocenters. The second kappa shape index (κ2) is 56.1. The van der Waals surface area contributed by atoms with Crippen LogP contribution in [0.5, 0.6) is 0 Å². The van der Waals surface area contributed by atoms with Gasteiger partial charge in [-0.1, -0.05) is 240 Å². The standard InChI is InChI=1S/C61H104O5/c1-4-7-10-13-16-19-22-25-28-30-32-35-38-41-44-47-50-53-56-64-57-59(66-61(63)55-52-49-46-43-40-37-33-27-24-21-18-15-12-9-6-3)58-65-60(62)54-51-48-45-42-39-36-34-31-29-26-23-20-17-14-11-8-5-2/h8-9,11-12,17-18,20-21,26-27,29,33-34,36,40,43,59H,4-7,10,13-16,19,22-25,28,30-32,35,37-39,41-42,44-58H2,1-3H3/b11-8-,12-9-,20-17-,21-18-,29-26-,33-27-,36-34-,43-40-. The molecule has 0 saturated carbocycles. The van der Waals surface area contributed by atoms with E-state index in [0.29, 0.717) is 19.4 Å². The second-order valence-electron chi connectivity index (χ2n) is 18.1. The fourth-order valence-corrected chi connectivity index (χ4v) is 7.55. The van der Waals surface area contributed by atoms with Gasteiger partial charge >= 0.3 is 11.9 Å². The Labute approximate surface area is 409 Å². The molecule has 0 bridgehead atoms. The number of unbranched alkanes of at least 4 members (excludes halogenated alkanes) is 23. The number of carbonyl (C=O) groups excluding carboxylic acids is 2. The van der Waals surface area contributed by atoms with Gasteiger partial charge in [-0.05, 0) is 96.3 Å². The zero-order valence-corrected chi connectivity index (χ0v) is 43.4. The van der Waals surface area contributed by atoms with Crippen molar-refractivity contribution in [2.24, 2.45) is 0 Å². The van der Waals surface area contributed by atoms with Crippen molar-refractivity contribution in [2.45, 2.75) is 258 Å². The summed E-state index contributed by atoms with van der Waals surface area (Å²) in [5.41, 5.74) is 0. The van der Waals surface area contributed by atoms with E-state index in [1.54, 1.807) is 0 Å². The van der Waals surface area contributed by atoms with Gasteiger partial charge < -0.3 is 14.2 Å². The number of ether oxygens (including phenoxy) is 3. The Bertz CT molecular complexity index is 1270. The van der Waals surface area contributed by atoms with Gasteiger partial charge in [0.1, 0.15) is 6.61 Å². The molecule has 66 heavy (non-hydrogen) atoms. The molecule has 0 aromatic carbocycles. The lowest BCUT2D eigenvalue weighted by atomic mass is 10.0. The highest BCUT2D eigenvalue weighted by atomic mass is 16.6. The van der Waals surface area contributed by atoms with Gasteiger partial charge in [0.15, 0.2) is 6.10 Å². The molecule has 0 aromatic rings. The third kappa shape index (κ3) is 53.4. The molecule has 0 aliphatic rings. The summed E-state index contributed by atoms with van der Waals surface area (Å²) in [6.07, 6.45) is 75.7. The molecular formula is C61H104O5. The smallest absolute Gasteiger partial charge is 0.306 e. The van der Waals surface area contributed by atoms with E-state index in [1.165, 1.54) is 103 Å². The highest BCUT2D eigenvalue weighted by molar-refractivity contribution is 5.70. The molecule has 0 saturated heterocycles. The zero-order valence-electron chi connectivity index (χ0n) is 43.4. The molecule has 5 heteroatoms. The molecule has 0 rings (SSSR count). The van der Waals surface area contributed by atoms with Gasteiger partial charge in [-0.3, -0.25) is 9.59 Å². The van der Waals surface area contributed by atoms with E-state index < -0.39 is 6.10 Å². The maximum absolute atomic E-state index is 12.8. The summed E-state index contributed by atoms with van der Waals surface area (Å²) in [6.45, 7) is 7.55. The van der Waals surface area contributed by atoms with Gasteiger partial charge in [0, 0.05) is 19.4 Å². The fraction of sp³-hybridized carbons (Fsp3) is 0.705. The van der Waals surface area contributed by atoms with Crippen molar-refractivity contribution in [3.8, 4) is 0 Å². The first-order valence-electron chi connectivity index (χ1n) is 27.8. The van der Waals surface area contributed by atoms with Gasteiger partial charge in [-0.2, -0.15) is 0 Å². The average Bonchev–Trinajstić information content (AvgIpc) is 3.32. The molecule has 0 aliphatic carbocycles. The quantitative estimate of drug-likeness (QED) is 0.0346. The summed E-state index contributed by atoms with van der Waals surface area (Å²) in [5, 5.41) is 0. The molecule has 0 heterocycles. The van der Waals surface area contributed by atoms with Crippen LogP contribution in [0.4, 0.5) is 0 Å². The topological polar surface area (TPSA) is 61.8 Å². The van der Waals surface area contributed by atoms with Crippen molar-refractivity contribution >= 4 is 11.9 Å². The summed E-state index contributed by atoms with van der Waals surface area (Å²) < 4.78 is 17.4. The molecule has 0 amide bonds. The van der Waals surface area contributed by atoms with Crippen LogP contribution in [0.15, 0.2) is 97.2 Å². The number of allylic oxidation sites excluding steroid dienone is 16. The van der Waals surface area contributed by atoms with Crippen LogP contribution >= 0.6 is 0 Å². The van der Waals surface area contributed by atoms with E-state index in [4.69, 9.17) is 14.2 Å². The van der Waals surface area contributed by atoms with Crippen LogP contribution in [-0.4, -0.2) is 37.9 Å². The predicted molar refractivity (Wildman–Crippen MR) is 288 cm³/mol. The lowest BCUT2D eigenvalue weighted by Gasteiger charge is -2.18. The van der Waals surface area contributed by atoms with E-state index in [1.807, 2.05) is 0 Å². The van der Waals surface area contributed by atoms with Crippen molar-refractivity contribution < 1.29 is 23.8 Å². The molecule has 1 unspecified atom stereocenters. The Hall–Kier alpha value is -3.18. The normalized spacial score (nSPS) is 13.0. The summed E-state index contributed by atoms with van der Waals surface area (Å²) in [4.78, 5) is 25.5. The monoisotopic (exact) mass is 917 g/mol. The van der Waals surface area contributed by atoms with E-state index >= 15 is 0 Å². The van der Waals surface area contributed by atoms with Crippen molar-refractivity contribution in [2.75, 3.05) is 19.8 Å². The number of hydrogen-bond donors (Lipinski definition) is 0. The molecule has 0 fully saturated rings. The lowest BCUT2D eigenvalue weighted by Crippen LogP contribution is -2.30. The van der Waals surface area contributed by atoms with Crippen molar-refractivity contribution in [1.82, 2.24) is 0 Å². The van der Waals surface area contributed by atoms with Crippen LogP contribution < -0.4 is 0 Å². The summed E-state index contributed by atoms with van der Waals surface area (Å²) in [6, 6.07) is 0. The maximum atomic E-state index is 12.8. The molecule has 0 spiro atoms. The number of carbonyl (C=O) groups is 2. The summed E-state index contributed by atoms with van der Waals surface area (Å²) in [5.74, 6) is -0.470. The third-order valence-corrected chi connectivity index (χ3v) is 11.6. The van der Waals surface area contributed by atoms with Gasteiger partial charge in [0.05, 0.1) is 6.61 Å². The van der Waals surface area contributed by atoms with Crippen LogP contribution in [0.2, 0.25) is 0 Å². The van der Waals surface area contributed by atoms with Crippen LogP contribution in [0, 0.1) is 0 Å². The van der Waals surface area contributed by atoms with Crippen LogP contribution in [0.1, 0.15) is 252 Å². The lowest BCUT2D eigenvalue weighted by molar-refractivity contribution is -0.163. The Morgan fingerprint density at radius 2 is 0.682 bits per heavy atom. The van der Waals surface area contributed by atoms with Crippen molar-refractivity contribution in [3.63, 3.8) is 0 Å². The first kappa shape index (κ1) is 62.8. The molecule has 378 valence electrons. The molecule has 5 nitrogen and oxygen atoms in total. The largest absolute Gasteiger partial charge is 0.462 e. The van der Waals surface area contributed by atoms with Crippen LogP contribution in [-0.2, 0) is 23.8 Å². The minimum atomic E-state index is -0.572. The molecule has 0 aliphatic heterocycles. The maximum Gasteiger partial charge on any atom is 0.306 e. The Morgan fingerprint density at radius 1 is 0.348 bits per heavy atom. The zero-order chi connectivity index (χ0) is 47.7. The molecule has 0 aromatic heterocycles. The predicted octanol–water partition coefficient (Wildman–Crippen LogP) is 19.0. The average molecular weight is 917 g/mol. The SMILES string of the molecule is CC/C=C\C/C=C\C/C=C\C/C=C\CCCCCCC(=O)OCC(COCCCCCCCCCCCCCCCCCCCC)OC(=O)CCCC/C=C\C/C=C\C/C=C\C/C=C\CC. The minimum Gasteiger partial charge on any atom is -0.462 e. The number of esters is 2. The van der Waals surface area contributed by atoms with Crippen LogP contribution in [0.3, 0.4) is 0 Å². The van der Waals surface area contributed by atoms with E-state index in [0.717, 1.165) is 116 Å². The number of hydrogen-bond acceptors (Lipinski definition) is 5. The van der Waals surface area contributed by atoms with E-state index in [-0.39, 0.29) is 25.2 Å². The van der Waals surface area contributed by atoms with Crippen molar-refractivity contribution in [1.29, 1.82) is 0 Å². The first-order chi connectivity index (χ1) is 32.6. The molecule has 0 radical (unpaired) electrons. The minimum absolute atomic E-state index is 0.0531. The second-order valence-corrected chi connectivity index (χ2v) is 18.1. The number of rotatable bonds is 50. The summed E-state index contributed by atoms with van der Waals surface area (Å²) >= 11 is 0. The van der Waals surface area contributed by atoms with Gasteiger partial charge in [0.25, 0.3) is 0 Å². The first-order valence-corrected chi connectivity index (χ1v) is 27.8. The Morgan fingerprint density at radius 3 is 1.12 bits per heavy atom. The van der Waals surface area contributed by atoms with E-state index in [2.05, 4.69) is 118 Å². The van der Waals surface area contributed by atoms with Gasteiger partial charge in [0.2, 0.25) is 0 Å². The Balaban J connectivity index is 4.36. The van der Waals surface area contributed by atoms with Gasteiger partial charge in [-0.25, -0.2) is 0 Å². The molecular weight excluding hydrogens is 813 g/mol. The van der Waals surface area contributed by atoms with Crippen LogP contribution in [0.25, 0.3) is 0 Å². The Kier molecular flexibility index (Phi) is 53.4. The van der Waals surface area contributed by atoms with Crippen molar-refractivity contribution in [3.05, 3.63) is 97.2 Å². The van der Waals surface area contributed by atoms with E-state index in [9.17, 15) is 9.59 Å². The fourth-order valence-electron chi connectivity index (χ4n) is 7.55.